The molecule has 0 bridgehead atoms. The van der Waals surface area contributed by atoms with Gasteiger partial charge in [0.1, 0.15) is 23.3 Å². The summed E-state index contributed by atoms with van der Waals surface area (Å²) in [4.78, 5) is 52.0. The lowest BCUT2D eigenvalue weighted by Crippen LogP contribution is -2.75. The molecule has 3 aliphatic rings. The normalized spacial score (nSPS) is 26.3. The topological polar surface area (TPSA) is 230 Å². The van der Waals surface area contributed by atoms with Crippen LogP contribution < -0.4 is 32.6 Å². The summed E-state index contributed by atoms with van der Waals surface area (Å²) in [6, 6.07) is 4.83. The summed E-state index contributed by atoms with van der Waals surface area (Å²) in [5.41, 5.74) is 16.5. The molecular weight excluding hydrogens is 564 g/mol. The Balaban J connectivity index is 1.35. The number of amides is 2. The van der Waals surface area contributed by atoms with Crippen LogP contribution in [0.2, 0.25) is 0 Å². The molecule has 2 aliphatic heterocycles. The van der Waals surface area contributed by atoms with Crippen LogP contribution in [0.4, 0.5) is 5.13 Å². The van der Waals surface area contributed by atoms with Crippen molar-refractivity contribution < 1.29 is 29.1 Å². The number of carbonyl (C=O) groups is 3. The predicted molar refractivity (Wildman–Crippen MR) is 155 cm³/mol. The summed E-state index contributed by atoms with van der Waals surface area (Å²) >= 11 is 1.07. The van der Waals surface area contributed by atoms with Gasteiger partial charge in [0.05, 0.1) is 11.6 Å². The number of nitrogens with zero attached hydrogens (tertiary/aromatic N) is 3. The number of hydrogen-bond donors (Lipinski definition) is 6. The highest BCUT2D eigenvalue weighted by Gasteiger charge is 2.50. The SMILES string of the molecule is CC1(C)NC(=O)[C@H]1NC(=O)/C(=N\O[C@](C)(C(=O)O)[C@H]1CCc2cc(C(N)=NC3CC(N)C3)ccc2O1)c1csc(N)n1. The largest absolute Gasteiger partial charge is 0.485 e. The van der Waals surface area contributed by atoms with Gasteiger partial charge in [-0.2, -0.15) is 0 Å². The highest BCUT2D eigenvalue weighted by molar-refractivity contribution is 7.13. The molecule has 224 valence electrons. The van der Waals surface area contributed by atoms with Crippen molar-refractivity contribution >= 4 is 45.8 Å². The molecule has 2 amide bonds. The Morgan fingerprint density at radius 3 is 2.67 bits per heavy atom. The number of ether oxygens (including phenoxy) is 1. The molecule has 0 radical (unpaired) electrons. The third-order valence-corrected chi connectivity index (χ3v) is 8.50. The number of nitrogens with one attached hydrogen (secondary N) is 2. The number of oxime groups is 1. The van der Waals surface area contributed by atoms with E-state index in [0.717, 1.165) is 35.3 Å². The summed E-state index contributed by atoms with van der Waals surface area (Å²) in [5.74, 6) is -1.58. The third kappa shape index (κ3) is 5.61. The number of aromatic nitrogens is 1. The molecule has 1 aromatic carbocycles. The smallest absolute Gasteiger partial charge is 0.354 e. The fourth-order valence-electron chi connectivity index (χ4n) is 5.08. The van der Waals surface area contributed by atoms with Gasteiger partial charge < -0.3 is 42.5 Å². The van der Waals surface area contributed by atoms with E-state index in [-0.39, 0.29) is 40.9 Å². The quantitative estimate of drug-likeness (QED) is 0.0998. The number of aliphatic carboxylic acids is 1. The predicted octanol–water partition coefficient (Wildman–Crippen LogP) is 0.271. The molecule has 42 heavy (non-hydrogen) atoms. The zero-order valence-electron chi connectivity index (χ0n) is 23.4. The zero-order valence-corrected chi connectivity index (χ0v) is 24.2. The Kier molecular flexibility index (Phi) is 7.57. The second kappa shape index (κ2) is 10.9. The summed E-state index contributed by atoms with van der Waals surface area (Å²) in [7, 11) is 0. The van der Waals surface area contributed by atoms with Crippen molar-refractivity contribution in [3.05, 3.63) is 40.4 Å². The van der Waals surface area contributed by atoms with Crippen molar-refractivity contribution in [2.75, 3.05) is 5.73 Å². The first kappa shape index (κ1) is 29.3. The van der Waals surface area contributed by atoms with Crippen LogP contribution in [0, 0.1) is 0 Å². The lowest BCUT2D eigenvalue weighted by Gasteiger charge is -2.44. The monoisotopic (exact) mass is 598 g/mol. The minimum absolute atomic E-state index is 0.0749. The van der Waals surface area contributed by atoms with Gasteiger partial charge >= 0.3 is 5.97 Å². The number of amidine groups is 1. The second-order valence-electron chi connectivity index (χ2n) is 11.5. The number of hydrogen-bond acceptors (Lipinski definition) is 11. The molecule has 15 heteroatoms. The van der Waals surface area contributed by atoms with E-state index in [0.29, 0.717) is 18.0 Å². The number of rotatable bonds is 9. The minimum Gasteiger partial charge on any atom is -0.485 e. The average molecular weight is 599 g/mol. The standard InChI is InChI=1S/C27H34N8O6S/c1-26(2)20(23(37)34-26)33-22(36)19(16-11-42-25(30)32-16)35-41-27(3,24(38)39)18-7-5-12-8-13(4-6-17(12)40-18)21(29)31-15-9-14(28)10-15/h4,6,8,11,14-15,18,20H,5,7,9-10,28H2,1-3H3,(H2,29,31)(H2,30,32)(H,33,36)(H,34,37)(H,38,39)/b35-19-/t14?,15?,18-,20-,27+/m1/s1. The summed E-state index contributed by atoms with van der Waals surface area (Å²) in [6.45, 7) is 4.83. The molecule has 2 aromatic rings. The van der Waals surface area contributed by atoms with E-state index >= 15 is 0 Å². The van der Waals surface area contributed by atoms with Gasteiger partial charge in [0, 0.05) is 17.0 Å². The van der Waals surface area contributed by atoms with Crippen LogP contribution in [0.15, 0.2) is 33.7 Å². The molecule has 0 spiro atoms. The van der Waals surface area contributed by atoms with Crippen LogP contribution in [0.25, 0.3) is 0 Å². The number of benzene rings is 1. The van der Waals surface area contributed by atoms with Gasteiger partial charge in [-0.15, -0.1) is 11.3 Å². The molecule has 9 N–H and O–H groups in total. The second-order valence-corrected chi connectivity index (χ2v) is 12.4. The highest BCUT2D eigenvalue weighted by Crippen LogP contribution is 2.35. The minimum atomic E-state index is -1.99. The first-order valence-corrected chi connectivity index (χ1v) is 14.4. The maximum absolute atomic E-state index is 13.2. The number of β-lactam (4-membered cyclic amide) rings is 1. The lowest BCUT2D eigenvalue weighted by molar-refractivity contribution is -0.178. The fraction of sp³-hybridized carbons (Fsp3) is 0.481. The number of anilines is 1. The number of nitrogens with two attached hydrogens (primary N) is 3. The molecule has 1 saturated heterocycles. The molecule has 3 heterocycles. The van der Waals surface area contributed by atoms with Gasteiger partial charge in [-0.05, 0) is 70.2 Å². The number of aryl methyl sites for hydroxylation is 1. The van der Waals surface area contributed by atoms with E-state index in [1.54, 1.807) is 26.0 Å². The molecule has 1 aromatic heterocycles. The maximum Gasteiger partial charge on any atom is 0.354 e. The van der Waals surface area contributed by atoms with Crippen LogP contribution in [0.3, 0.4) is 0 Å². The van der Waals surface area contributed by atoms with Gasteiger partial charge in [-0.25, -0.2) is 9.78 Å². The van der Waals surface area contributed by atoms with Crippen LogP contribution in [-0.2, 0) is 25.6 Å². The Morgan fingerprint density at radius 1 is 1.33 bits per heavy atom. The molecule has 0 unspecified atom stereocenters. The van der Waals surface area contributed by atoms with Gasteiger partial charge in [0.15, 0.2) is 16.9 Å². The lowest BCUT2D eigenvalue weighted by atomic mass is 9.85. The van der Waals surface area contributed by atoms with Crippen molar-refractivity contribution in [3.8, 4) is 5.75 Å². The number of aliphatic imine (C=N–C) groups is 1. The fourth-order valence-corrected chi connectivity index (χ4v) is 5.62. The first-order valence-electron chi connectivity index (χ1n) is 13.5. The Morgan fingerprint density at radius 2 is 2.07 bits per heavy atom. The number of carboxylic acid groups (broad SMARTS) is 1. The van der Waals surface area contributed by atoms with Crippen LogP contribution in [0.1, 0.15) is 56.9 Å². The molecule has 3 atom stereocenters. The number of carbonyl (C=O) groups excluding carboxylic acids is 2. The van der Waals surface area contributed by atoms with Crippen molar-refractivity contribution in [2.24, 2.45) is 21.6 Å². The number of nitrogen functional groups attached to an aromatic ring is 1. The molecule has 14 nitrogen and oxygen atoms in total. The Labute approximate surface area is 245 Å². The third-order valence-electron chi connectivity index (χ3n) is 7.82. The molecule has 2 fully saturated rings. The molecule has 1 saturated carbocycles. The van der Waals surface area contributed by atoms with Crippen molar-refractivity contribution in [1.29, 1.82) is 0 Å². The van der Waals surface area contributed by atoms with Crippen molar-refractivity contribution in [2.45, 2.75) is 81.8 Å². The highest BCUT2D eigenvalue weighted by atomic mass is 32.1. The summed E-state index contributed by atoms with van der Waals surface area (Å²) in [6.07, 6.45) is 1.42. The summed E-state index contributed by atoms with van der Waals surface area (Å²) in [5, 5.41) is 21.1. The van der Waals surface area contributed by atoms with E-state index in [2.05, 4.69) is 25.8 Å². The van der Waals surface area contributed by atoms with E-state index < -0.39 is 35.2 Å². The van der Waals surface area contributed by atoms with Gasteiger partial charge in [0.25, 0.3) is 11.5 Å². The molecule has 1 aliphatic carbocycles. The Hall–Kier alpha value is -4.24. The van der Waals surface area contributed by atoms with E-state index in [1.807, 2.05) is 6.07 Å². The van der Waals surface area contributed by atoms with Gasteiger partial charge in [-0.1, -0.05) is 5.16 Å². The van der Waals surface area contributed by atoms with Crippen LogP contribution in [-0.4, -0.2) is 74.8 Å². The first-order chi connectivity index (χ1) is 19.8. The number of carboxylic acids is 1. The van der Waals surface area contributed by atoms with E-state index in [9.17, 15) is 19.5 Å². The maximum atomic E-state index is 13.2. The molecule has 5 rings (SSSR count). The van der Waals surface area contributed by atoms with Crippen LogP contribution in [0.5, 0.6) is 5.75 Å². The van der Waals surface area contributed by atoms with Crippen molar-refractivity contribution in [3.63, 3.8) is 0 Å². The van der Waals surface area contributed by atoms with Gasteiger partial charge in [-0.3, -0.25) is 14.6 Å². The Bertz CT molecular complexity index is 1480. The van der Waals surface area contributed by atoms with E-state index in [4.69, 9.17) is 26.8 Å². The van der Waals surface area contributed by atoms with E-state index in [1.165, 1.54) is 12.3 Å². The number of thiazole rings is 1. The molecular formula is C27H34N8O6S. The average Bonchev–Trinajstić information content (AvgIpc) is 3.35. The van der Waals surface area contributed by atoms with Crippen molar-refractivity contribution in [1.82, 2.24) is 15.6 Å². The van der Waals surface area contributed by atoms with Gasteiger partial charge in [0.2, 0.25) is 5.91 Å². The van der Waals surface area contributed by atoms with Crippen LogP contribution >= 0.6 is 11.3 Å². The zero-order chi connectivity index (χ0) is 30.4. The summed E-state index contributed by atoms with van der Waals surface area (Å²) < 4.78 is 6.10. The number of fused-ring (bicyclic) bond motifs is 1.